The van der Waals surface area contributed by atoms with Crippen LogP contribution in [-0.4, -0.2) is 68.7 Å². The molecule has 0 radical (unpaired) electrons. The van der Waals surface area contributed by atoms with Crippen LogP contribution in [0, 0.1) is 6.92 Å². The summed E-state index contributed by atoms with van der Waals surface area (Å²) < 4.78 is 26.2. The second kappa shape index (κ2) is 8.24. The third kappa shape index (κ3) is 4.52. The minimum absolute atomic E-state index is 0.0747. The maximum atomic E-state index is 14.9. The van der Waals surface area contributed by atoms with Crippen LogP contribution in [0.5, 0.6) is 5.88 Å². The van der Waals surface area contributed by atoms with E-state index < -0.39 is 24.0 Å². The van der Waals surface area contributed by atoms with Gasteiger partial charge in [0.1, 0.15) is 23.9 Å². The second-order valence-electron chi connectivity index (χ2n) is 8.78. The number of likely N-dealkylation sites (tertiary alicyclic amines) is 1. The van der Waals surface area contributed by atoms with Crippen molar-refractivity contribution in [2.75, 3.05) is 24.5 Å². The minimum atomic E-state index is -1.35. The normalized spacial score (nSPS) is 21.1. The van der Waals surface area contributed by atoms with E-state index in [0.717, 1.165) is 29.9 Å². The predicted molar refractivity (Wildman–Crippen MR) is 111 cm³/mol. The largest absolute Gasteiger partial charge is 0.471 e. The highest BCUT2D eigenvalue weighted by Crippen LogP contribution is 2.35. The molecule has 1 fully saturated rings. The zero-order valence-corrected chi connectivity index (χ0v) is 18.2. The van der Waals surface area contributed by atoms with Gasteiger partial charge in [0.15, 0.2) is 6.17 Å². The van der Waals surface area contributed by atoms with Gasteiger partial charge < -0.3 is 19.3 Å². The van der Waals surface area contributed by atoms with Gasteiger partial charge in [0.25, 0.3) is 0 Å². The van der Waals surface area contributed by atoms with Gasteiger partial charge in [-0.25, -0.2) is 19.2 Å². The number of fused-ring (bicyclic) bond motifs is 1. The number of anilines is 2. The zero-order chi connectivity index (χ0) is 22.2. The van der Waals surface area contributed by atoms with Crippen molar-refractivity contribution in [3.63, 3.8) is 0 Å². The molecule has 166 valence electrons. The van der Waals surface area contributed by atoms with E-state index in [1.807, 2.05) is 17.9 Å². The summed E-state index contributed by atoms with van der Waals surface area (Å²) >= 11 is 0. The first-order valence-corrected chi connectivity index (χ1v) is 10.4. The molecule has 1 saturated heterocycles. The van der Waals surface area contributed by atoms with Gasteiger partial charge in [-0.05, 0) is 33.8 Å². The monoisotopic (exact) mass is 430 g/mol. The fraction of sp³-hybridized carbons (Fsp3) is 0.571. The summed E-state index contributed by atoms with van der Waals surface area (Å²) in [6.45, 7) is 8.23. The van der Waals surface area contributed by atoms with E-state index in [1.54, 1.807) is 27.0 Å². The highest BCUT2D eigenvalue weighted by Gasteiger charge is 2.36. The molecule has 4 rings (SSSR count). The molecule has 10 heteroatoms. The number of hydrogen-bond donors (Lipinski definition) is 0. The molecule has 2 aromatic rings. The summed E-state index contributed by atoms with van der Waals surface area (Å²) in [6.07, 6.45) is 1.65. The molecular formula is C21H27FN6O3. The van der Waals surface area contributed by atoms with Gasteiger partial charge in [-0.15, -0.1) is 0 Å². The lowest BCUT2D eigenvalue weighted by Crippen LogP contribution is -2.50. The molecule has 4 heterocycles. The molecule has 9 nitrogen and oxygen atoms in total. The van der Waals surface area contributed by atoms with E-state index in [-0.39, 0.29) is 6.54 Å². The number of piperidine rings is 1. The molecule has 2 aromatic heterocycles. The van der Waals surface area contributed by atoms with E-state index in [1.165, 1.54) is 11.2 Å². The molecule has 0 spiro atoms. The zero-order valence-electron chi connectivity index (χ0n) is 18.2. The Morgan fingerprint density at radius 3 is 2.81 bits per heavy atom. The maximum absolute atomic E-state index is 14.9. The van der Waals surface area contributed by atoms with Crippen LogP contribution in [0.4, 0.5) is 20.7 Å². The topological polar surface area (TPSA) is 93.6 Å². The minimum Gasteiger partial charge on any atom is -0.471 e. The summed E-state index contributed by atoms with van der Waals surface area (Å²) in [6, 6.07) is 1.90. The first kappa shape index (κ1) is 21.2. The van der Waals surface area contributed by atoms with E-state index in [0.29, 0.717) is 24.7 Å². The fourth-order valence-electron chi connectivity index (χ4n) is 3.80. The Balaban J connectivity index is 1.45. The van der Waals surface area contributed by atoms with Crippen LogP contribution in [0.2, 0.25) is 0 Å². The predicted octanol–water partition coefficient (Wildman–Crippen LogP) is 3.00. The number of rotatable bonds is 3. The highest BCUT2D eigenvalue weighted by molar-refractivity contribution is 5.69. The van der Waals surface area contributed by atoms with Crippen molar-refractivity contribution >= 4 is 17.6 Å². The SMILES string of the molecule is Cc1c(OC2CCN(C(=O)OC(C)(C)C)C[C@@H]2F)ncnc1N1CCc2nnccc21. The molecule has 2 aliphatic rings. The molecule has 0 bridgehead atoms. The summed E-state index contributed by atoms with van der Waals surface area (Å²) in [7, 11) is 0. The van der Waals surface area contributed by atoms with Crippen LogP contribution < -0.4 is 9.64 Å². The van der Waals surface area contributed by atoms with Crippen molar-refractivity contribution < 1.29 is 18.7 Å². The van der Waals surface area contributed by atoms with Crippen LogP contribution in [-0.2, 0) is 11.2 Å². The lowest BCUT2D eigenvalue weighted by molar-refractivity contribution is -0.0116. The van der Waals surface area contributed by atoms with Crippen molar-refractivity contribution in [3.8, 4) is 5.88 Å². The molecule has 1 unspecified atom stereocenters. The molecular weight excluding hydrogens is 403 g/mol. The molecule has 0 N–H and O–H groups in total. The molecule has 31 heavy (non-hydrogen) atoms. The number of alkyl halides is 1. The molecule has 2 atom stereocenters. The van der Waals surface area contributed by atoms with E-state index >= 15 is 0 Å². The first-order valence-electron chi connectivity index (χ1n) is 10.4. The smallest absolute Gasteiger partial charge is 0.410 e. The number of halogens is 1. The number of amides is 1. The average Bonchev–Trinajstić information content (AvgIpc) is 3.13. The van der Waals surface area contributed by atoms with Crippen LogP contribution in [0.15, 0.2) is 18.6 Å². The molecule has 0 saturated carbocycles. The van der Waals surface area contributed by atoms with E-state index in [4.69, 9.17) is 9.47 Å². The average molecular weight is 430 g/mol. The van der Waals surface area contributed by atoms with Crippen LogP contribution in [0.25, 0.3) is 0 Å². The lowest BCUT2D eigenvalue weighted by Gasteiger charge is -2.35. The van der Waals surface area contributed by atoms with Crippen molar-refractivity contribution in [2.24, 2.45) is 0 Å². The van der Waals surface area contributed by atoms with Crippen LogP contribution in [0.3, 0.4) is 0 Å². The van der Waals surface area contributed by atoms with Gasteiger partial charge in [-0.1, -0.05) is 0 Å². The lowest BCUT2D eigenvalue weighted by atomic mass is 10.1. The van der Waals surface area contributed by atoms with Gasteiger partial charge >= 0.3 is 6.09 Å². The molecule has 2 aliphatic heterocycles. The van der Waals surface area contributed by atoms with Gasteiger partial charge in [-0.3, -0.25) is 0 Å². The number of nitrogens with zero attached hydrogens (tertiary/aromatic N) is 6. The third-order valence-electron chi connectivity index (χ3n) is 5.30. The second-order valence-corrected chi connectivity index (χ2v) is 8.78. The number of carbonyl (C=O) groups is 1. The van der Waals surface area contributed by atoms with Gasteiger partial charge in [-0.2, -0.15) is 10.2 Å². The van der Waals surface area contributed by atoms with Gasteiger partial charge in [0, 0.05) is 25.9 Å². The standard InChI is InChI=1S/C21H27FN6O3/c1-13-18(28-10-6-15-16(28)5-8-25-26-15)23-12-24-19(13)30-17-7-9-27(11-14(17)22)20(29)31-21(2,3)4/h5,8,12,14,17H,6-7,9-11H2,1-4H3/t14-,17?/m0/s1. The Kier molecular flexibility index (Phi) is 5.63. The van der Waals surface area contributed by atoms with Crippen LogP contribution >= 0.6 is 0 Å². The Morgan fingerprint density at radius 2 is 2.06 bits per heavy atom. The number of aromatic nitrogens is 4. The van der Waals surface area contributed by atoms with Gasteiger partial charge in [0.2, 0.25) is 5.88 Å². The van der Waals surface area contributed by atoms with Crippen molar-refractivity contribution in [1.29, 1.82) is 0 Å². The van der Waals surface area contributed by atoms with E-state index in [2.05, 4.69) is 20.2 Å². The fourth-order valence-corrected chi connectivity index (χ4v) is 3.80. The summed E-state index contributed by atoms with van der Waals surface area (Å²) in [5, 5.41) is 8.11. The Hall–Kier alpha value is -3.04. The Labute approximate surface area is 180 Å². The number of carbonyl (C=O) groups excluding carboxylic acids is 1. The Morgan fingerprint density at radius 1 is 1.26 bits per heavy atom. The molecule has 1 amide bonds. The molecule has 0 aliphatic carbocycles. The molecule has 0 aromatic carbocycles. The van der Waals surface area contributed by atoms with Crippen molar-refractivity contribution in [3.05, 3.63) is 29.8 Å². The van der Waals surface area contributed by atoms with Crippen molar-refractivity contribution in [2.45, 2.75) is 58.4 Å². The van der Waals surface area contributed by atoms with Crippen molar-refractivity contribution in [1.82, 2.24) is 25.1 Å². The maximum Gasteiger partial charge on any atom is 0.410 e. The first-order chi connectivity index (χ1) is 14.7. The summed E-state index contributed by atoms with van der Waals surface area (Å²) in [4.78, 5) is 24.3. The van der Waals surface area contributed by atoms with Crippen LogP contribution in [0.1, 0.15) is 38.4 Å². The van der Waals surface area contributed by atoms with E-state index in [9.17, 15) is 9.18 Å². The number of ether oxygens (including phenoxy) is 2. The quantitative estimate of drug-likeness (QED) is 0.734. The van der Waals surface area contributed by atoms with Gasteiger partial charge in [0.05, 0.1) is 29.7 Å². The Bertz CT molecular complexity index is 966. The third-order valence-corrected chi connectivity index (χ3v) is 5.30. The summed E-state index contributed by atoms with van der Waals surface area (Å²) in [5.41, 5.74) is 1.98. The summed E-state index contributed by atoms with van der Waals surface area (Å²) in [5.74, 6) is 1.05. The highest BCUT2D eigenvalue weighted by atomic mass is 19.1. The number of hydrogen-bond acceptors (Lipinski definition) is 8.